The van der Waals surface area contributed by atoms with Gasteiger partial charge in [-0.25, -0.2) is 4.39 Å². The molecule has 0 aromatic heterocycles. The number of carboxylic acids is 1. The Morgan fingerprint density at radius 1 is 1.48 bits per heavy atom. The molecule has 0 fully saturated rings. The van der Waals surface area contributed by atoms with Crippen molar-refractivity contribution in [1.82, 2.24) is 0 Å². The first-order valence-electron chi connectivity index (χ1n) is 6.07. The highest BCUT2D eigenvalue weighted by atomic mass is 32.2. The van der Waals surface area contributed by atoms with Gasteiger partial charge in [-0.1, -0.05) is 0 Å². The number of nitrogens with zero attached hydrogens (tertiary/aromatic N) is 1. The largest absolute Gasteiger partial charge is 0.485 e. The lowest BCUT2D eigenvalue weighted by atomic mass is 9.87. The fourth-order valence-corrected chi connectivity index (χ4v) is 3.90. The molecule has 0 saturated heterocycles. The Balaban J connectivity index is 2.05. The summed E-state index contributed by atoms with van der Waals surface area (Å²) in [6.45, 7) is 0.0814. The van der Waals surface area contributed by atoms with Gasteiger partial charge in [-0.05, 0) is 11.5 Å². The molecule has 0 radical (unpaired) electrons. The van der Waals surface area contributed by atoms with Crippen LogP contribution in [0.1, 0.15) is 10.4 Å². The van der Waals surface area contributed by atoms with E-state index in [0.717, 1.165) is 6.07 Å². The van der Waals surface area contributed by atoms with Gasteiger partial charge >= 0.3 is 5.97 Å². The van der Waals surface area contributed by atoms with E-state index in [1.165, 1.54) is 11.8 Å². The molecule has 2 unspecified atom stereocenters. The van der Waals surface area contributed by atoms with Crippen molar-refractivity contribution < 1.29 is 28.2 Å². The van der Waals surface area contributed by atoms with Crippen molar-refractivity contribution in [2.75, 3.05) is 11.5 Å². The summed E-state index contributed by atoms with van der Waals surface area (Å²) in [5, 5.41) is 10.6. The Kier molecular flexibility index (Phi) is 2.39. The summed E-state index contributed by atoms with van der Waals surface area (Å²) in [5.41, 5.74) is 0.259. The highest BCUT2D eigenvalue weighted by Crippen LogP contribution is 2.52. The number of hydrogen-bond donors (Lipinski definition) is 1. The highest BCUT2D eigenvalue weighted by molar-refractivity contribution is 8.03. The first kappa shape index (κ1) is 12.6. The number of carboxylic acid groups (broad SMARTS) is 1. The van der Waals surface area contributed by atoms with Gasteiger partial charge in [-0.15, -0.1) is 11.8 Å². The molecule has 3 heterocycles. The predicted octanol–water partition coefficient (Wildman–Crippen LogP) is 1.98. The fourth-order valence-electron chi connectivity index (χ4n) is 2.86. The van der Waals surface area contributed by atoms with E-state index in [2.05, 4.69) is 0 Å². The van der Waals surface area contributed by atoms with Gasteiger partial charge < -0.3 is 14.7 Å². The molecule has 0 bridgehead atoms. The summed E-state index contributed by atoms with van der Waals surface area (Å²) >= 11 is 1.30. The molecule has 5 nitrogen and oxygen atoms in total. The maximum Gasteiger partial charge on any atom is 0.320 e. The number of ketones is 1. The van der Waals surface area contributed by atoms with Crippen LogP contribution >= 0.6 is 11.8 Å². The zero-order valence-electron chi connectivity index (χ0n) is 10.3. The topological polar surface area (TPSA) is 66.8 Å². The number of Topliss-reactive ketones (excluding diaryl/α,β-unsaturated/α-hetero) is 1. The van der Waals surface area contributed by atoms with E-state index in [0.29, 0.717) is 0 Å². The van der Waals surface area contributed by atoms with Crippen LogP contribution in [0.25, 0.3) is 0 Å². The summed E-state index contributed by atoms with van der Waals surface area (Å²) in [5.74, 6) is -6.18. The number of carbonyl (C=O) groups is 2. The zero-order valence-corrected chi connectivity index (χ0v) is 11.1. The lowest BCUT2D eigenvalue weighted by Gasteiger charge is -2.40. The normalized spacial score (nSPS) is 25.3. The number of carbonyl (C=O) groups excluding carboxylic acids is 1. The molecular formula is C13H7F2NO4S. The second-order valence-electron chi connectivity index (χ2n) is 4.85. The summed E-state index contributed by atoms with van der Waals surface area (Å²) in [4.78, 5) is 25.3. The van der Waals surface area contributed by atoms with Crippen molar-refractivity contribution in [3.8, 4) is 5.75 Å². The molecule has 0 aliphatic carbocycles. The second kappa shape index (κ2) is 3.97. The van der Waals surface area contributed by atoms with Crippen LogP contribution in [0, 0.1) is 17.6 Å². The van der Waals surface area contributed by atoms with Gasteiger partial charge in [0.1, 0.15) is 12.0 Å². The minimum absolute atomic E-state index is 0.0814. The highest BCUT2D eigenvalue weighted by Gasteiger charge is 2.50. The molecule has 1 aromatic rings. The SMILES string of the molecule is O=C(O)C1C(=O)c2cc(F)c(F)c3c2N2C1=CSC2CO3. The quantitative estimate of drug-likeness (QED) is 0.800. The maximum absolute atomic E-state index is 13.9. The van der Waals surface area contributed by atoms with Crippen molar-refractivity contribution in [3.05, 3.63) is 34.4 Å². The van der Waals surface area contributed by atoms with Crippen LogP contribution in [0.2, 0.25) is 0 Å². The number of thioether (sulfide) groups is 1. The van der Waals surface area contributed by atoms with Gasteiger partial charge in [0.2, 0.25) is 5.82 Å². The average Bonchev–Trinajstić information content (AvgIpc) is 2.86. The third-order valence-electron chi connectivity index (χ3n) is 3.74. The van der Waals surface area contributed by atoms with Crippen LogP contribution in [0.15, 0.2) is 17.2 Å². The first-order valence-corrected chi connectivity index (χ1v) is 7.01. The summed E-state index contributed by atoms with van der Waals surface area (Å²) in [6, 6.07) is 0.748. The van der Waals surface area contributed by atoms with E-state index < -0.39 is 29.3 Å². The van der Waals surface area contributed by atoms with Crippen molar-refractivity contribution in [3.63, 3.8) is 0 Å². The van der Waals surface area contributed by atoms with E-state index in [-0.39, 0.29) is 34.7 Å². The van der Waals surface area contributed by atoms with Crippen molar-refractivity contribution in [2.24, 2.45) is 5.92 Å². The second-order valence-corrected chi connectivity index (χ2v) is 5.90. The molecule has 21 heavy (non-hydrogen) atoms. The third-order valence-corrected chi connectivity index (χ3v) is 4.78. The predicted molar refractivity (Wildman–Crippen MR) is 69.3 cm³/mol. The molecule has 0 amide bonds. The maximum atomic E-state index is 13.9. The van der Waals surface area contributed by atoms with Gasteiger partial charge in [-0.2, -0.15) is 4.39 Å². The van der Waals surface area contributed by atoms with Crippen LogP contribution in [-0.2, 0) is 4.79 Å². The Labute approximate surface area is 121 Å². The van der Waals surface area contributed by atoms with Gasteiger partial charge in [0.05, 0.1) is 5.69 Å². The van der Waals surface area contributed by atoms with Gasteiger partial charge in [0, 0.05) is 11.3 Å². The number of ether oxygens (including phenoxy) is 1. The number of anilines is 1. The van der Waals surface area contributed by atoms with Crippen LogP contribution in [0.3, 0.4) is 0 Å². The molecule has 8 heteroatoms. The standard InChI is InChI=1S/C13H7F2NO4S/c14-5-1-4-10-12(9(5)15)20-2-7-16(10)6(3-21-7)8(11(4)17)13(18)19/h1,3,7-8H,2H2,(H,18,19). The smallest absolute Gasteiger partial charge is 0.320 e. The molecule has 108 valence electrons. The average molecular weight is 311 g/mol. The van der Waals surface area contributed by atoms with Crippen LogP contribution < -0.4 is 9.64 Å². The molecule has 0 saturated carbocycles. The van der Waals surface area contributed by atoms with E-state index in [1.54, 1.807) is 10.3 Å². The molecule has 2 atom stereocenters. The van der Waals surface area contributed by atoms with Crippen molar-refractivity contribution in [1.29, 1.82) is 0 Å². The fraction of sp³-hybridized carbons (Fsp3) is 0.231. The Hall–Kier alpha value is -2.09. The molecule has 3 aliphatic heterocycles. The number of hydrogen-bond acceptors (Lipinski definition) is 5. The number of rotatable bonds is 1. The Bertz CT molecular complexity index is 748. The summed E-state index contributed by atoms with van der Waals surface area (Å²) < 4.78 is 32.7. The molecule has 0 spiro atoms. The van der Waals surface area contributed by atoms with Crippen LogP contribution in [-0.4, -0.2) is 28.8 Å². The number of benzene rings is 1. The molecular weight excluding hydrogens is 304 g/mol. The minimum atomic E-state index is -1.40. The zero-order chi connectivity index (χ0) is 14.9. The van der Waals surface area contributed by atoms with E-state index in [4.69, 9.17) is 4.74 Å². The number of aliphatic carboxylic acids is 1. The molecule has 4 rings (SSSR count). The lowest BCUT2D eigenvalue weighted by Crippen LogP contribution is -2.46. The van der Waals surface area contributed by atoms with Crippen LogP contribution in [0.4, 0.5) is 14.5 Å². The molecule has 1 aromatic carbocycles. The van der Waals surface area contributed by atoms with Gasteiger partial charge in [0.25, 0.3) is 0 Å². The third kappa shape index (κ3) is 1.45. The minimum Gasteiger partial charge on any atom is -0.485 e. The number of halogens is 2. The van der Waals surface area contributed by atoms with Crippen molar-refractivity contribution >= 4 is 29.2 Å². The Morgan fingerprint density at radius 3 is 2.95 bits per heavy atom. The van der Waals surface area contributed by atoms with Crippen LogP contribution in [0.5, 0.6) is 5.75 Å². The molecule has 1 N–H and O–H groups in total. The monoisotopic (exact) mass is 311 g/mol. The van der Waals surface area contributed by atoms with Crippen molar-refractivity contribution in [2.45, 2.75) is 5.37 Å². The Morgan fingerprint density at radius 2 is 2.24 bits per heavy atom. The molecule has 3 aliphatic rings. The van der Waals surface area contributed by atoms with Gasteiger partial charge in [-0.3, -0.25) is 9.59 Å². The van der Waals surface area contributed by atoms with Gasteiger partial charge in [0.15, 0.2) is 23.3 Å². The lowest BCUT2D eigenvalue weighted by molar-refractivity contribution is -0.138. The summed E-state index contributed by atoms with van der Waals surface area (Å²) in [7, 11) is 0. The van der Waals surface area contributed by atoms with E-state index in [1.807, 2.05) is 0 Å². The van der Waals surface area contributed by atoms with E-state index in [9.17, 15) is 23.5 Å². The first-order chi connectivity index (χ1) is 10.0. The van der Waals surface area contributed by atoms with E-state index >= 15 is 0 Å². The summed E-state index contributed by atoms with van der Waals surface area (Å²) in [6.07, 6.45) is 0.